The summed E-state index contributed by atoms with van der Waals surface area (Å²) in [5, 5.41) is 9.28. The van der Waals surface area contributed by atoms with E-state index in [1.807, 2.05) is 43.3 Å². The van der Waals surface area contributed by atoms with Gasteiger partial charge in [0.2, 0.25) is 11.9 Å². The predicted octanol–water partition coefficient (Wildman–Crippen LogP) is 4.85. The Morgan fingerprint density at radius 3 is 2.30 bits per heavy atom. The third-order valence-electron chi connectivity index (χ3n) is 4.07. The van der Waals surface area contributed by atoms with Crippen LogP contribution in [0.4, 0.5) is 28.8 Å². The lowest BCUT2D eigenvalue weighted by Gasteiger charge is -2.12. The number of carbonyl (C=O) groups is 1. The van der Waals surface area contributed by atoms with Crippen molar-refractivity contribution in [3.8, 4) is 0 Å². The van der Waals surface area contributed by atoms with Crippen LogP contribution in [0.15, 0.2) is 48.5 Å². The van der Waals surface area contributed by atoms with Crippen LogP contribution in [-0.2, 0) is 4.79 Å². The third-order valence-corrected chi connectivity index (χ3v) is 4.07. The van der Waals surface area contributed by atoms with Gasteiger partial charge in [-0.25, -0.2) is 4.98 Å². The van der Waals surface area contributed by atoms with Gasteiger partial charge in [-0.2, -0.15) is 4.98 Å². The van der Waals surface area contributed by atoms with Gasteiger partial charge < -0.3 is 16.0 Å². The molecular weight excluding hydrogens is 338 g/mol. The van der Waals surface area contributed by atoms with Crippen molar-refractivity contribution in [3.05, 3.63) is 65.4 Å². The van der Waals surface area contributed by atoms with Gasteiger partial charge in [-0.15, -0.1) is 0 Å². The fraction of sp³-hybridized carbons (Fsp3) is 0.190. The molecule has 0 atom stereocenters. The van der Waals surface area contributed by atoms with Crippen LogP contribution < -0.4 is 16.0 Å². The smallest absolute Gasteiger partial charge is 0.229 e. The highest BCUT2D eigenvalue weighted by atomic mass is 16.1. The third kappa shape index (κ3) is 5.04. The summed E-state index contributed by atoms with van der Waals surface area (Å²) < 4.78 is 0. The summed E-state index contributed by atoms with van der Waals surface area (Å²) in [6.07, 6.45) is 0. The van der Waals surface area contributed by atoms with E-state index in [1.165, 1.54) is 18.1 Å². The first kappa shape index (κ1) is 18.4. The van der Waals surface area contributed by atoms with Gasteiger partial charge in [0.05, 0.1) is 0 Å². The molecule has 6 heteroatoms. The van der Waals surface area contributed by atoms with E-state index >= 15 is 0 Å². The number of nitrogens with one attached hydrogen (secondary N) is 3. The fourth-order valence-electron chi connectivity index (χ4n) is 2.66. The Labute approximate surface area is 159 Å². The van der Waals surface area contributed by atoms with E-state index in [9.17, 15) is 4.79 Å². The number of amides is 1. The Morgan fingerprint density at radius 2 is 1.56 bits per heavy atom. The van der Waals surface area contributed by atoms with Crippen molar-refractivity contribution in [2.75, 3.05) is 16.0 Å². The molecule has 3 rings (SSSR count). The van der Waals surface area contributed by atoms with Gasteiger partial charge in [0.25, 0.3) is 0 Å². The second-order valence-corrected chi connectivity index (χ2v) is 6.53. The zero-order valence-corrected chi connectivity index (χ0v) is 15.9. The number of hydrogen-bond donors (Lipinski definition) is 3. The summed E-state index contributed by atoms with van der Waals surface area (Å²) in [6.45, 7) is 7.58. The van der Waals surface area contributed by atoms with Gasteiger partial charge in [0.15, 0.2) is 0 Å². The minimum atomic E-state index is -0.112. The Hall–Kier alpha value is -3.41. The lowest BCUT2D eigenvalue weighted by atomic mass is 10.1. The first-order valence-corrected chi connectivity index (χ1v) is 8.74. The molecule has 0 spiro atoms. The molecule has 0 saturated heterocycles. The molecule has 0 bridgehead atoms. The number of nitrogens with zero attached hydrogens (tertiary/aromatic N) is 2. The summed E-state index contributed by atoms with van der Waals surface area (Å²) in [5.41, 5.74) is 5.81. The minimum Gasteiger partial charge on any atom is -0.340 e. The Kier molecular flexibility index (Phi) is 5.35. The van der Waals surface area contributed by atoms with Gasteiger partial charge in [-0.05, 0) is 62.2 Å². The summed E-state index contributed by atoms with van der Waals surface area (Å²) in [4.78, 5) is 20.2. The van der Waals surface area contributed by atoms with Crippen LogP contribution in [0, 0.1) is 20.8 Å². The van der Waals surface area contributed by atoms with Gasteiger partial charge >= 0.3 is 0 Å². The molecule has 0 aliphatic carbocycles. The van der Waals surface area contributed by atoms with Gasteiger partial charge in [0.1, 0.15) is 5.82 Å². The van der Waals surface area contributed by atoms with Crippen LogP contribution in [0.2, 0.25) is 0 Å². The second kappa shape index (κ2) is 7.86. The van der Waals surface area contributed by atoms with E-state index < -0.39 is 0 Å². The van der Waals surface area contributed by atoms with Crippen LogP contribution in [-0.4, -0.2) is 15.9 Å². The maximum Gasteiger partial charge on any atom is 0.229 e. The summed E-state index contributed by atoms with van der Waals surface area (Å²) in [7, 11) is 0. The maximum absolute atomic E-state index is 11.2. The highest BCUT2D eigenvalue weighted by molar-refractivity contribution is 5.89. The second-order valence-electron chi connectivity index (χ2n) is 6.53. The molecule has 0 aliphatic rings. The molecule has 2 aromatic carbocycles. The molecule has 1 aromatic heterocycles. The van der Waals surface area contributed by atoms with Crippen molar-refractivity contribution in [1.82, 2.24) is 9.97 Å². The summed E-state index contributed by atoms with van der Waals surface area (Å²) in [6, 6.07) is 15.5. The van der Waals surface area contributed by atoms with Crippen molar-refractivity contribution >= 4 is 34.7 Å². The molecule has 1 amide bonds. The zero-order valence-electron chi connectivity index (χ0n) is 15.9. The van der Waals surface area contributed by atoms with Crippen LogP contribution in [0.25, 0.3) is 0 Å². The van der Waals surface area contributed by atoms with E-state index in [-0.39, 0.29) is 5.91 Å². The Balaban J connectivity index is 1.81. The SMILES string of the molecule is CC(=O)Nc1cccc(Nc2nc(C)cc(Nc3ccc(C)c(C)c3)n2)c1. The number of carbonyl (C=O) groups excluding carboxylic acids is 1. The molecule has 27 heavy (non-hydrogen) atoms. The van der Waals surface area contributed by atoms with Gasteiger partial charge in [-0.1, -0.05) is 12.1 Å². The number of benzene rings is 2. The molecule has 6 nitrogen and oxygen atoms in total. The first-order chi connectivity index (χ1) is 12.9. The van der Waals surface area contributed by atoms with Crippen LogP contribution in [0.3, 0.4) is 0 Å². The minimum absolute atomic E-state index is 0.112. The molecular formula is C21H23N5O. The topological polar surface area (TPSA) is 78.9 Å². The van der Waals surface area contributed by atoms with Crippen LogP contribution in [0.5, 0.6) is 0 Å². The zero-order chi connectivity index (χ0) is 19.4. The number of aromatic nitrogens is 2. The average molecular weight is 361 g/mol. The van der Waals surface area contributed by atoms with Crippen LogP contribution in [0.1, 0.15) is 23.7 Å². The molecule has 1 heterocycles. The molecule has 0 saturated carbocycles. The first-order valence-electron chi connectivity index (χ1n) is 8.74. The number of rotatable bonds is 5. The van der Waals surface area contributed by atoms with E-state index in [0.717, 1.165) is 17.1 Å². The lowest BCUT2D eigenvalue weighted by Crippen LogP contribution is -2.06. The molecule has 3 aromatic rings. The summed E-state index contributed by atoms with van der Waals surface area (Å²) in [5.74, 6) is 1.09. The van der Waals surface area contributed by atoms with E-state index in [2.05, 4.69) is 51.9 Å². The Morgan fingerprint density at radius 1 is 0.815 bits per heavy atom. The molecule has 0 fully saturated rings. The molecule has 0 radical (unpaired) electrons. The highest BCUT2D eigenvalue weighted by Gasteiger charge is 2.05. The van der Waals surface area contributed by atoms with E-state index in [1.54, 1.807) is 0 Å². The van der Waals surface area contributed by atoms with Gasteiger partial charge in [0, 0.05) is 35.7 Å². The van der Waals surface area contributed by atoms with E-state index in [4.69, 9.17) is 0 Å². The quantitative estimate of drug-likeness (QED) is 0.605. The van der Waals surface area contributed by atoms with Crippen molar-refractivity contribution in [2.24, 2.45) is 0 Å². The monoisotopic (exact) mass is 361 g/mol. The summed E-state index contributed by atoms with van der Waals surface area (Å²) >= 11 is 0. The molecule has 0 unspecified atom stereocenters. The van der Waals surface area contributed by atoms with E-state index in [0.29, 0.717) is 17.5 Å². The standard InChI is InChI=1S/C21H23N5O/c1-13-8-9-19(10-14(13)2)24-20-11-15(3)22-21(26-20)25-18-7-5-6-17(12-18)23-16(4)27/h5-12H,1-4H3,(H,23,27)(H2,22,24,25,26). The van der Waals surface area contributed by atoms with Crippen molar-refractivity contribution in [1.29, 1.82) is 0 Å². The average Bonchev–Trinajstić information content (AvgIpc) is 2.57. The largest absolute Gasteiger partial charge is 0.340 e. The van der Waals surface area contributed by atoms with Crippen molar-refractivity contribution in [2.45, 2.75) is 27.7 Å². The lowest BCUT2D eigenvalue weighted by molar-refractivity contribution is -0.114. The van der Waals surface area contributed by atoms with Crippen molar-refractivity contribution < 1.29 is 4.79 Å². The van der Waals surface area contributed by atoms with Crippen molar-refractivity contribution in [3.63, 3.8) is 0 Å². The fourth-order valence-corrected chi connectivity index (χ4v) is 2.66. The molecule has 0 aliphatic heterocycles. The number of hydrogen-bond acceptors (Lipinski definition) is 5. The molecule has 138 valence electrons. The predicted molar refractivity (Wildman–Crippen MR) is 110 cm³/mol. The number of anilines is 5. The number of aryl methyl sites for hydroxylation is 3. The van der Waals surface area contributed by atoms with Gasteiger partial charge in [-0.3, -0.25) is 4.79 Å². The van der Waals surface area contributed by atoms with Crippen LogP contribution >= 0.6 is 0 Å². The maximum atomic E-state index is 11.2. The highest BCUT2D eigenvalue weighted by Crippen LogP contribution is 2.22. The Bertz CT molecular complexity index is 984. The molecule has 3 N–H and O–H groups in total. The normalized spacial score (nSPS) is 10.4.